The second-order valence-corrected chi connectivity index (χ2v) is 18.9. The number of aromatic hydroxyl groups is 2. The number of piperidine rings is 1. The largest absolute Gasteiger partial charge is 0.507 e. The van der Waals surface area contributed by atoms with Crippen molar-refractivity contribution < 1.29 is 58.7 Å². The number of fused-ring (bicyclic) bond motifs is 1. The molecule has 1 amide bonds. The Hall–Kier alpha value is -6.22. The summed E-state index contributed by atoms with van der Waals surface area (Å²) in [4.78, 5) is 69.2. The van der Waals surface area contributed by atoms with E-state index in [1.165, 1.54) is 46.4 Å². The first-order chi connectivity index (χ1) is 32.6. The van der Waals surface area contributed by atoms with Gasteiger partial charge in [0.2, 0.25) is 0 Å². The summed E-state index contributed by atoms with van der Waals surface area (Å²) in [5, 5.41) is 61.9. The number of aryl methyl sites for hydroxylation is 1. The molecule has 9 atom stereocenters. The van der Waals surface area contributed by atoms with Gasteiger partial charge in [-0.05, 0) is 31.3 Å². The summed E-state index contributed by atoms with van der Waals surface area (Å²) in [5.41, 5.74) is -0.979. The molecule has 1 aromatic heterocycles. The average Bonchev–Trinajstić information content (AvgIpc) is 3.96. The summed E-state index contributed by atoms with van der Waals surface area (Å²) in [6, 6.07) is 0. The number of Topliss-reactive ketones (excluding diaryl/α,β-unsaturated/α-hetero) is 1. The van der Waals surface area contributed by atoms with Gasteiger partial charge in [0.15, 0.2) is 17.2 Å². The van der Waals surface area contributed by atoms with Crippen LogP contribution in [0.5, 0.6) is 17.2 Å². The fourth-order valence-electron chi connectivity index (χ4n) is 10.1. The highest BCUT2D eigenvalue weighted by molar-refractivity contribution is 6.19. The van der Waals surface area contributed by atoms with E-state index in [1.807, 2.05) is 6.92 Å². The van der Waals surface area contributed by atoms with E-state index in [0.717, 1.165) is 0 Å². The van der Waals surface area contributed by atoms with Crippen LogP contribution in [0.15, 0.2) is 52.3 Å². The first kappa shape index (κ1) is 50.7. The van der Waals surface area contributed by atoms with Crippen molar-refractivity contribution in [3.05, 3.63) is 80.1 Å². The second kappa shape index (κ2) is 19.6. The van der Waals surface area contributed by atoms with E-state index < -0.39 is 93.6 Å². The number of benzene rings is 2. The number of phenolic OH excluding ortho intramolecular Hbond substituents is 2. The molecule has 3 aromatic rings. The number of carbonyl (C=O) groups excluding carboxylic acids is 3. The van der Waals surface area contributed by atoms with Crippen LogP contribution < -0.4 is 20.8 Å². The molecule has 1 spiro atoms. The third kappa shape index (κ3) is 9.34. The number of nitrogens with one attached hydrogen (secondary N) is 1. The number of aliphatic hydroxyl groups excluding tert-OH is 2. The number of nitro groups is 1. The molecule has 20 nitrogen and oxygen atoms in total. The van der Waals surface area contributed by atoms with Gasteiger partial charge in [-0.3, -0.25) is 29.3 Å². The topological polar surface area (TPSA) is 270 Å². The van der Waals surface area contributed by atoms with E-state index in [9.17, 15) is 44.9 Å². The van der Waals surface area contributed by atoms with Crippen LogP contribution >= 0.6 is 0 Å². The highest BCUT2D eigenvalue weighted by atomic mass is 16.7. The number of rotatable bonds is 7. The predicted octanol–water partition coefficient (Wildman–Crippen LogP) is 4.60. The Morgan fingerprint density at radius 1 is 1.00 bits per heavy atom. The third-order valence-corrected chi connectivity index (χ3v) is 14.4. The summed E-state index contributed by atoms with van der Waals surface area (Å²) < 4.78 is 25.8. The highest BCUT2D eigenvalue weighted by Gasteiger charge is 2.50. The Morgan fingerprint density at radius 2 is 1.68 bits per heavy atom. The van der Waals surface area contributed by atoms with E-state index >= 15 is 0 Å². The van der Waals surface area contributed by atoms with Crippen molar-refractivity contribution in [2.45, 2.75) is 124 Å². The number of anilines is 1. The lowest BCUT2D eigenvalue weighted by Crippen LogP contribution is -2.47. The number of hydrogen-bond acceptors (Lipinski definition) is 17. The van der Waals surface area contributed by atoms with Gasteiger partial charge in [0.1, 0.15) is 41.4 Å². The zero-order valence-corrected chi connectivity index (χ0v) is 40.7. The zero-order chi connectivity index (χ0) is 50.4. The number of amides is 1. The molecular formula is C49H63N7O13. The number of aliphatic hydroxyl groups is 2. The number of allylic oxidation sites excluding steroid dienone is 2. The quantitative estimate of drug-likeness (QED) is 0.0938. The molecule has 0 unspecified atom stereocenters. The number of carbonyl (C=O) groups is 3. The van der Waals surface area contributed by atoms with Crippen LogP contribution in [-0.2, 0) is 30.3 Å². The van der Waals surface area contributed by atoms with Gasteiger partial charge in [0.25, 0.3) is 11.7 Å². The lowest BCUT2D eigenvalue weighted by atomic mass is 9.77. The maximum absolute atomic E-state index is 14.9. The third-order valence-electron chi connectivity index (χ3n) is 14.4. The molecule has 1 saturated heterocycles. The summed E-state index contributed by atoms with van der Waals surface area (Å²) in [6.45, 7) is 16.3. The van der Waals surface area contributed by atoms with Crippen LogP contribution in [0.1, 0.15) is 89.5 Å². The number of methoxy groups -OCH3 is 1. The van der Waals surface area contributed by atoms with E-state index in [2.05, 4.69) is 15.2 Å². The monoisotopic (exact) mass is 957 g/mol. The van der Waals surface area contributed by atoms with Crippen LogP contribution in [0.2, 0.25) is 0 Å². The zero-order valence-electron chi connectivity index (χ0n) is 40.7. The molecule has 5 heterocycles. The van der Waals surface area contributed by atoms with Crippen molar-refractivity contribution in [2.24, 2.45) is 33.7 Å². The van der Waals surface area contributed by atoms with E-state index in [0.29, 0.717) is 51.3 Å². The first-order valence-electron chi connectivity index (χ1n) is 23.3. The minimum atomic E-state index is -2.02. The lowest BCUT2D eigenvalue weighted by Gasteiger charge is -2.39. The van der Waals surface area contributed by atoms with Gasteiger partial charge in [-0.1, -0.05) is 45.9 Å². The van der Waals surface area contributed by atoms with Crippen LogP contribution in [0.25, 0.3) is 10.8 Å². The van der Waals surface area contributed by atoms with Crippen LogP contribution in [0, 0.1) is 47.6 Å². The van der Waals surface area contributed by atoms with Gasteiger partial charge in [0, 0.05) is 101 Å². The fourth-order valence-corrected chi connectivity index (χ4v) is 10.1. The number of ketones is 1. The maximum Gasteiger partial charge on any atom is 0.342 e. The van der Waals surface area contributed by atoms with E-state index in [-0.39, 0.29) is 55.4 Å². The lowest BCUT2D eigenvalue weighted by molar-refractivity contribution is -0.392. The minimum Gasteiger partial charge on any atom is -0.507 e. The number of nitrogens with zero attached hydrogens (tertiary/aromatic N) is 6. The molecule has 2 aromatic carbocycles. The van der Waals surface area contributed by atoms with Crippen LogP contribution in [-0.4, -0.2) is 120 Å². The molecule has 4 aliphatic rings. The summed E-state index contributed by atoms with van der Waals surface area (Å²) in [6.07, 6.45) is 6.12. The molecular weight excluding hydrogens is 895 g/mol. The standard InChI is InChI=1S/C49H63N7O13/c1-11-31-32(66-10)15-22-67-48(9)46(62)36-34-35(42(60)28(6)45(36)69-48)43(61)39(51-47(63)25(3)14-12-13-24(2)40(58)26(4)41(59)27(5)44(31)68-30(8)57)38-37(34)52-49(53-38)16-18-54(19-17-49)20-21-55-29(7)50-23-33(55)56(64)65/h12-15,22-24,26-27,31-32,40-41,44,58-61H,11,16-21H2,1-10H3,(H,51,63)/b13-12+,22-15+,25-14-/t24-,26+,27+,31+,32-,40-,41+,44-,48-/m0/s1. The number of likely N-dealkylation sites (tertiary alicyclic amines) is 1. The molecule has 7 rings (SSSR count). The Kier molecular flexibility index (Phi) is 14.4. The number of hydrogen-bond donors (Lipinski definition) is 5. The van der Waals surface area contributed by atoms with E-state index in [1.54, 1.807) is 57.4 Å². The van der Waals surface area contributed by atoms with Gasteiger partial charge in [-0.25, -0.2) is 9.55 Å². The molecule has 4 bridgehead atoms. The average molecular weight is 958 g/mol. The second-order valence-electron chi connectivity index (χ2n) is 18.9. The Balaban J connectivity index is 1.35. The van der Waals surface area contributed by atoms with Gasteiger partial charge >= 0.3 is 17.6 Å². The number of aromatic nitrogens is 2. The Bertz CT molecular complexity index is 2780. The molecule has 0 aliphatic carbocycles. The van der Waals surface area contributed by atoms with Crippen molar-refractivity contribution >= 4 is 39.9 Å². The van der Waals surface area contributed by atoms with Gasteiger partial charge in [-0.2, -0.15) is 0 Å². The van der Waals surface area contributed by atoms with Gasteiger partial charge < -0.3 is 54.8 Å². The maximum atomic E-state index is 14.9. The molecule has 0 saturated carbocycles. The Labute approximate surface area is 399 Å². The number of phenols is 2. The van der Waals surface area contributed by atoms with Crippen LogP contribution in [0.3, 0.4) is 0 Å². The summed E-state index contributed by atoms with van der Waals surface area (Å²) in [7, 11) is 1.47. The number of imidazole rings is 1. The highest BCUT2D eigenvalue weighted by Crippen LogP contribution is 2.50. The van der Waals surface area contributed by atoms with Gasteiger partial charge in [0.05, 0.1) is 40.9 Å². The normalized spacial score (nSPS) is 30.1. The van der Waals surface area contributed by atoms with Crippen molar-refractivity contribution in [1.82, 2.24) is 14.5 Å². The summed E-state index contributed by atoms with van der Waals surface area (Å²) >= 11 is 0. The van der Waals surface area contributed by atoms with E-state index in [4.69, 9.17) is 28.9 Å². The van der Waals surface area contributed by atoms with Crippen molar-refractivity contribution in [3.63, 3.8) is 0 Å². The smallest absolute Gasteiger partial charge is 0.342 e. The first-order valence-corrected chi connectivity index (χ1v) is 23.3. The molecule has 372 valence electrons. The molecule has 0 radical (unpaired) electrons. The predicted molar refractivity (Wildman–Crippen MR) is 251 cm³/mol. The number of ether oxygens (including phenoxy) is 4. The SMILES string of the molecule is CC[C@H]1[C@@H](OC(C)=O)[C@H](C)[C@H](O)[C@H](C)[C@@H](O)[C@@H](C)/C=C/C=C(/C)C(=O)Nc2c(O)c3c(O)c(C)c4c(c3c3c2=NC2(CCN(CCn5c([N+](=O)[O-])cnc5C)CC2)N=3)C(=O)[C@@](C)(O/C=C/[C@@H]1OC)O4. The summed E-state index contributed by atoms with van der Waals surface area (Å²) in [5.74, 6) is -6.93. The Morgan fingerprint density at radius 3 is 2.32 bits per heavy atom. The molecule has 69 heavy (non-hydrogen) atoms. The molecule has 5 N–H and O–H groups in total. The molecule has 1 fully saturated rings. The molecule has 4 aliphatic heterocycles. The van der Waals surface area contributed by atoms with Gasteiger partial charge in [-0.15, -0.1) is 0 Å². The van der Waals surface area contributed by atoms with Crippen LogP contribution in [0.4, 0.5) is 11.5 Å². The number of esters is 1. The van der Waals surface area contributed by atoms with Crippen molar-refractivity contribution in [2.75, 3.05) is 32.1 Å². The van der Waals surface area contributed by atoms with Crippen molar-refractivity contribution in [3.8, 4) is 17.2 Å². The van der Waals surface area contributed by atoms with Crippen molar-refractivity contribution in [1.29, 1.82) is 0 Å². The molecule has 20 heteroatoms. The fraction of sp³-hybridized carbons (Fsp3) is 0.551. The minimum absolute atomic E-state index is 0.0109.